The van der Waals surface area contributed by atoms with Gasteiger partial charge in [-0.1, -0.05) is 94.5 Å². The number of thioether (sulfide) groups is 1. The largest absolute Gasteiger partial charge is 0.489 e. The first-order chi connectivity index (χ1) is 16.4. The number of carboxylic acids is 1. The van der Waals surface area contributed by atoms with E-state index in [0.717, 1.165) is 32.9 Å². The van der Waals surface area contributed by atoms with Gasteiger partial charge in [0, 0.05) is 10.9 Å². The smallest absolute Gasteiger partial charge is 0.327 e. The molecular weight excluding hydrogens is 534 g/mol. The molecule has 1 aliphatic heterocycles. The van der Waals surface area contributed by atoms with E-state index < -0.39 is 17.9 Å². The lowest BCUT2D eigenvalue weighted by atomic mass is 10.0. The lowest BCUT2D eigenvalue weighted by Gasteiger charge is -2.23. The molecule has 1 heterocycles. The van der Waals surface area contributed by atoms with Crippen LogP contribution in [0.1, 0.15) is 16.7 Å². The Balaban J connectivity index is 1.44. The fourth-order valence-electron chi connectivity index (χ4n) is 3.43. The van der Waals surface area contributed by atoms with Crippen LogP contribution in [0.5, 0.6) is 5.75 Å². The number of carbonyl (C=O) groups excluding carboxylic acids is 1. The Bertz CT molecular complexity index is 1230. The van der Waals surface area contributed by atoms with Crippen molar-refractivity contribution >= 4 is 62.2 Å². The Morgan fingerprint density at radius 3 is 2.35 bits per heavy atom. The number of thiocarbonyl (C=S) groups is 1. The molecule has 1 fully saturated rings. The number of halogens is 1. The molecule has 1 saturated heterocycles. The maximum absolute atomic E-state index is 13.1. The van der Waals surface area contributed by atoms with Crippen LogP contribution >= 0.6 is 39.9 Å². The van der Waals surface area contributed by atoms with E-state index in [2.05, 4.69) is 15.9 Å². The average Bonchev–Trinajstić information content (AvgIpc) is 3.11. The second-order valence-corrected chi connectivity index (χ2v) is 10.2. The van der Waals surface area contributed by atoms with Gasteiger partial charge in [-0.25, -0.2) is 4.79 Å². The molecule has 0 radical (unpaired) electrons. The summed E-state index contributed by atoms with van der Waals surface area (Å²) in [5, 5.41) is 9.78. The number of carboxylic acid groups (broad SMARTS) is 1. The minimum Gasteiger partial charge on any atom is -0.489 e. The van der Waals surface area contributed by atoms with Gasteiger partial charge in [-0.15, -0.1) is 0 Å². The molecule has 1 amide bonds. The minimum atomic E-state index is -1.09. The monoisotopic (exact) mass is 553 g/mol. The Morgan fingerprint density at radius 1 is 1.03 bits per heavy atom. The van der Waals surface area contributed by atoms with E-state index in [1.165, 1.54) is 4.90 Å². The van der Waals surface area contributed by atoms with Crippen molar-refractivity contribution < 1.29 is 19.4 Å². The van der Waals surface area contributed by atoms with E-state index in [4.69, 9.17) is 17.0 Å². The number of benzene rings is 3. The number of hydrogen-bond acceptors (Lipinski definition) is 5. The maximum atomic E-state index is 13.1. The molecule has 0 unspecified atom stereocenters. The lowest BCUT2D eigenvalue weighted by molar-refractivity contribution is -0.145. The summed E-state index contributed by atoms with van der Waals surface area (Å²) in [5.74, 6) is -0.774. The molecule has 3 aromatic rings. The number of nitrogens with zero attached hydrogens (tertiary/aromatic N) is 1. The standard InChI is InChI=1S/C26H20BrNO4S2/c27-20-10-6-19(7-11-20)16-32-21-12-8-18(9-13-21)15-23-24(29)28(26(33)34-23)22(25(30)31)14-17-4-2-1-3-5-17/h1-13,15,22H,14,16H2,(H,30,31)/b23-15-/t22-/m0/s1. The van der Waals surface area contributed by atoms with E-state index in [1.807, 2.05) is 78.9 Å². The fraction of sp³-hybridized carbons (Fsp3) is 0.115. The molecule has 4 rings (SSSR count). The van der Waals surface area contributed by atoms with Gasteiger partial charge < -0.3 is 9.84 Å². The summed E-state index contributed by atoms with van der Waals surface area (Å²) in [6.45, 7) is 0.448. The van der Waals surface area contributed by atoms with Crippen LogP contribution in [0.3, 0.4) is 0 Å². The molecule has 34 heavy (non-hydrogen) atoms. The topological polar surface area (TPSA) is 66.8 Å². The van der Waals surface area contributed by atoms with Crippen molar-refractivity contribution in [3.63, 3.8) is 0 Å². The van der Waals surface area contributed by atoms with Gasteiger partial charge >= 0.3 is 5.97 Å². The molecule has 1 aliphatic rings. The first-order valence-corrected chi connectivity index (χ1v) is 12.4. The third kappa shape index (κ3) is 5.94. The highest BCUT2D eigenvalue weighted by molar-refractivity contribution is 9.10. The van der Waals surface area contributed by atoms with Gasteiger partial charge in [-0.05, 0) is 47.0 Å². The van der Waals surface area contributed by atoms with Gasteiger partial charge in [0.15, 0.2) is 0 Å². The minimum absolute atomic E-state index is 0.181. The molecule has 0 aromatic heterocycles. The summed E-state index contributed by atoms with van der Waals surface area (Å²) < 4.78 is 7.08. The van der Waals surface area contributed by atoms with Crippen LogP contribution < -0.4 is 4.74 Å². The molecule has 5 nitrogen and oxygen atoms in total. The normalized spacial score (nSPS) is 15.6. The molecule has 0 bridgehead atoms. The van der Waals surface area contributed by atoms with Crippen molar-refractivity contribution in [2.75, 3.05) is 0 Å². The average molecular weight is 554 g/mol. The van der Waals surface area contributed by atoms with Crippen molar-refractivity contribution in [3.05, 3.63) is 105 Å². The van der Waals surface area contributed by atoms with E-state index in [1.54, 1.807) is 6.08 Å². The zero-order valence-corrected chi connectivity index (χ0v) is 21.1. The van der Waals surface area contributed by atoms with E-state index in [9.17, 15) is 14.7 Å². The molecule has 172 valence electrons. The molecule has 3 aromatic carbocycles. The SMILES string of the molecule is O=C(O)[C@H](Cc1ccccc1)N1C(=O)/C(=C/c2ccc(OCc3ccc(Br)cc3)cc2)SC1=S. The van der Waals surface area contributed by atoms with Gasteiger partial charge in [-0.2, -0.15) is 0 Å². The number of rotatable bonds is 8. The van der Waals surface area contributed by atoms with Gasteiger partial charge in [0.25, 0.3) is 5.91 Å². The van der Waals surface area contributed by atoms with Crippen LogP contribution in [0, 0.1) is 0 Å². The maximum Gasteiger partial charge on any atom is 0.327 e. The van der Waals surface area contributed by atoms with Crippen LogP contribution in [0.25, 0.3) is 6.08 Å². The number of hydrogen-bond donors (Lipinski definition) is 1. The van der Waals surface area contributed by atoms with Crippen LogP contribution in [0.15, 0.2) is 88.2 Å². The summed E-state index contributed by atoms with van der Waals surface area (Å²) in [6, 6.07) is 23.4. The van der Waals surface area contributed by atoms with E-state index >= 15 is 0 Å². The summed E-state index contributed by atoms with van der Waals surface area (Å²) in [6.07, 6.45) is 1.90. The Hall–Kier alpha value is -2.94. The molecule has 1 N–H and O–H groups in total. The quantitative estimate of drug-likeness (QED) is 0.275. The molecule has 0 aliphatic carbocycles. The molecule has 1 atom stereocenters. The van der Waals surface area contributed by atoms with Gasteiger partial charge in [0.05, 0.1) is 4.91 Å². The third-order valence-corrected chi connectivity index (χ3v) is 7.05. The fourth-order valence-corrected chi connectivity index (χ4v) is 5.05. The van der Waals surface area contributed by atoms with Crippen molar-refractivity contribution in [3.8, 4) is 5.75 Å². The third-order valence-electron chi connectivity index (χ3n) is 5.19. The Morgan fingerprint density at radius 2 is 1.71 bits per heavy atom. The van der Waals surface area contributed by atoms with Gasteiger partial charge in [0.1, 0.15) is 22.7 Å². The van der Waals surface area contributed by atoms with Gasteiger partial charge in [0.2, 0.25) is 0 Å². The molecule has 8 heteroatoms. The predicted molar refractivity (Wildman–Crippen MR) is 141 cm³/mol. The van der Waals surface area contributed by atoms with E-state index in [-0.39, 0.29) is 10.7 Å². The summed E-state index contributed by atoms with van der Waals surface area (Å²) in [4.78, 5) is 26.6. The molecule has 0 saturated carbocycles. The second-order valence-electron chi connectivity index (χ2n) is 7.58. The number of ether oxygens (including phenoxy) is 1. The highest BCUT2D eigenvalue weighted by atomic mass is 79.9. The van der Waals surface area contributed by atoms with Crippen molar-refractivity contribution in [1.29, 1.82) is 0 Å². The number of carbonyl (C=O) groups is 2. The van der Waals surface area contributed by atoms with Crippen LogP contribution in [-0.2, 0) is 22.6 Å². The highest BCUT2D eigenvalue weighted by Crippen LogP contribution is 2.35. The van der Waals surface area contributed by atoms with Crippen LogP contribution in [0.4, 0.5) is 0 Å². The zero-order chi connectivity index (χ0) is 24.1. The Kier molecular flexibility index (Phi) is 7.82. The summed E-state index contributed by atoms with van der Waals surface area (Å²) >= 11 is 9.90. The Labute approximate surface area is 215 Å². The summed E-state index contributed by atoms with van der Waals surface area (Å²) in [7, 11) is 0. The van der Waals surface area contributed by atoms with Crippen LogP contribution in [-0.4, -0.2) is 32.2 Å². The van der Waals surface area contributed by atoms with E-state index in [0.29, 0.717) is 17.3 Å². The zero-order valence-electron chi connectivity index (χ0n) is 17.9. The first kappa shape index (κ1) is 24.2. The number of aliphatic carboxylic acids is 1. The van der Waals surface area contributed by atoms with Crippen molar-refractivity contribution in [1.82, 2.24) is 4.90 Å². The number of amides is 1. The van der Waals surface area contributed by atoms with Crippen LogP contribution in [0.2, 0.25) is 0 Å². The summed E-state index contributed by atoms with van der Waals surface area (Å²) in [5.41, 5.74) is 2.68. The molecular formula is C26H20BrNO4S2. The van der Waals surface area contributed by atoms with Crippen molar-refractivity contribution in [2.24, 2.45) is 0 Å². The van der Waals surface area contributed by atoms with Crippen molar-refractivity contribution in [2.45, 2.75) is 19.1 Å². The lowest BCUT2D eigenvalue weighted by Crippen LogP contribution is -2.45. The predicted octanol–water partition coefficient (Wildman–Crippen LogP) is 5.93. The van der Waals surface area contributed by atoms with Gasteiger partial charge in [-0.3, -0.25) is 9.69 Å². The first-order valence-electron chi connectivity index (χ1n) is 10.4. The second kappa shape index (κ2) is 11.0. The highest BCUT2D eigenvalue weighted by Gasteiger charge is 2.40. The molecule has 0 spiro atoms.